The van der Waals surface area contributed by atoms with Gasteiger partial charge in [-0.3, -0.25) is 14.9 Å². The summed E-state index contributed by atoms with van der Waals surface area (Å²) in [5.41, 5.74) is -1.23. The van der Waals surface area contributed by atoms with Gasteiger partial charge in [-0.05, 0) is 19.9 Å². The smallest absolute Gasteiger partial charge is 0.312 e. The first-order valence-electron chi connectivity index (χ1n) is 7.52. The van der Waals surface area contributed by atoms with Crippen molar-refractivity contribution in [3.8, 4) is 11.8 Å². The maximum Gasteiger partial charge on any atom is 0.312 e. The summed E-state index contributed by atoms with van der Waals surface area (Å²) in [5.74, 6) is 0.0167. The highest BCUT2D eigenvalue weighted by Gasteiger charge is 2.46. The number of ether oxygens (including phenoxy) is 1. The van der Waals surface area contributed by atoms with Crippen LogP contribution in [0, 0.1) is 21.4 Å². The van der Waals surface area contributed by atoms with Crippen molar-refractivity contribution in [3.05, 3.63) is 68.1 Å². The molecule has 0 saturated carbocycles. The summed E-state index contributed by atoms with van der Waals surface area (Å²) < 4.78 is 7.31. The fraction of sp³-hybridized carbons (Fsp3) is 0.294. The van der Waals surface area contributed by atoms with Crippen molar-refractivity contribution in [1.29, 1.82) is 5.26 Å². The van der Waals surface area contributed by atoms with E-state index in [1.165, 1.54) is 30.6 Å². The number of nitriles is 1. The van der Waals surface area contributed by atoms with Crippen LogP contribution in [0.4, 0.5) is 5.69 Å². The summed E-state index contributed by atoms with van der Waals surface area (Å²) in [5, 5.41) is 31.4. The van der Waals surface area contributed by atoms with E-state index in [1.54, 1.807) is 18.4 Å². The number of aromatic nitrogens is 1. The molecule has 2 unspecified atom stereocenters. The number of hydrogen-bond acceptors (Lipinski definition) is 6. The summed E-state index contributed by atoms with van der Waals surface area (Å²) in [6.07, 6.45) is 1.93. The predicted molar refractivity (Wildman–Crippen MR) is 87.4 cm³/mol. The Morgan fingerprint density at radius 1 is 1.36 bits per heavy atom. The number of benzene rings is 1. The van der Waals surface area contributed by atoms with Gasteiger partial charge in [-0.15, -0.1) is 0 Å². The lowest BCUT2D eigenvalue weighted by Gasteiger charge is -2.42. The molecule has 1 aromatic carbocycles. The van der Waals surface area contributed by atoms with Crippen LogP contribution in [0.15, 0.2) is 41.5 Å². The summed E-state index contributed by atoms with van der Waals surface area (Å²) >= 11 is 0. The van der Waals surface area contributed by atoms with E-state index in [1.807, 2.05) is 6.07 Å². The topological polar surface area (TPSA) is 118 Å². The monoisotopic (exact) mass is 341 g/mol. The summed E-state index contributed by atoms with van der Waals surface area (Å²) in [4.78, 5) is 22.2. The van der Waals surface area contributed by atoms with Crippen LogP contribution in [0.5, 0.6) is 5.75 Å². The Kier molecular flexibility index (Phi) is 3.81. The van der Waals surface area contributed by atoms with Gasteiger partial charge in [0.1, 0.15) is 11.7 Å². The molecule has 1 N–H and O–H groups in total. The van der Waals surface area contributed by atoms with Crippen LogP contribution < -0.4 is 10.2 Å². The third kappa shape index (κ3) is 2.75. The molecular weight excluding hydrogens is 326 g/mol. The average molecular weight is 341 g/mol. The third-order valence-electron chi connectivity index (χ3n) is 4.26. The van der Waals surface area contributed by atoms with Crippen LogP contribution in [-0.4, -0.2) is 26.3 Å². The van der Waals surface area contributed by atoms with Gasteiger partial charge in [0, 0.05) is 36.2 Å². The van der Waals surface area contributed by atoms with E-state index < -0.39 is 22.7 Å². The van der Waals surface area contributed by atoms with E-state index in [0.29, 0.717) is 5.56 Å². The minimum atomic E-state index is -1.11. The van der Waals surface area contributed by atoms with Crippen molar-refractivity contribution < 1.29 is 14.8 Å². The molecule has 1 aliphatic heterocycles. The molecule has 0 spiro atoms. The van der Waals surface area contributed by atoms with E-state index in [2.05, 4.69) is 0 Å². The molecule has 0 amide bonds. The molecule has 0 fully saturated rings. The molecular formula is C17H15N3O5. The maximum absolute atomic E-state index is 11.4. The average Bonchev–Trinajstić information content (AvgIpc) is 2.56. The number of nitro benzene ring substituents is 1. The summed E-state index contributed by atoms with van der Waals surface area (Å²) in [6, 6.07) is 6.42. The SMILES string of the molecule is CC1(C)Oc2c(cc(C#N)cc2[N+](=O)[O-])C(n2ccc(=O)cc2)C1O. The van der Waals surface area contributed by atoms with Crippen LogP contribution in [-0.2, 0) is 0 Å². The number of nitrogens with zero attached hydrogens (tertiary/aromatic N) is 3. The van der Waals surface area contributed by atoms with E-state index in [4.69, 9.17) is 4.74 Å². The van der Waals surface area contributed by atoms with Gasteiger partial charge in [0.05, 0.1) is 22.6 Å². The Bertz CT molecular complexity index is 937. The molecule has 2 heterocycles. The number of nitro groups is 1. The Morgan fingerprint density at radius 3 is 2.56 bits per heavy atom. The molecule has 2 atom stereocenters. The molecule has 0 aliphatic carbocycles. The highest BCUT2D eigenvalue weighted by Crippen LogP contribution is 2.46. The minimum absolute atomic E-state index is 0.0167. The maximum atomic E-state index is 11.4. The molecule has 128 valence electrons. The lowest BCUT2D eigenvalue weighted by molar-refractivity contribution is -0.386. The lowest BCUT2D eigenvalue weighted by Crippen LogP contribution is -2.50. The number of aliphatic hydroxyl groups is 1. The van der Waals surface area contributed by atoms with Crippen molar-refractivity contribution in [2.45, 2.75) is 31.6 Å². The van der Waals surface area contributed by atoms with Crippen LogP contribution in [0.3, 0.4) is 0 Å². The molecule has 1 aliphatic rings. The van der Waals surface area contributed by atoms with E-state index in [-0.39, 0.29) is 22.4 Å². The van der Waals surface area contributed by atoms with Crippen molar-refractivity contribution >= 4 is 5.69 Å². The number of aliphatic hydroxyl groups excluding tert-OH is 1. The van der Waals surface area contributed by atoms with Crippen LogP contribution in [0.1, 0.15) is 31.0 Å². The largest absolute Gasteiger partial charge is 0.478 e. The first kappa shape index (κ1) is 16.7. The summed E-state index contributed by atoms with van der Waals surface area (Å²) in [6.45, 7) is 3.25. The molecule has 0 radical (unpaired) electrons. The molecule has 0 bridgehead atoms. The van der Waals surface area contributed by atoms with Crippen LogP contribution in [0.2, 0.25) is 0 Å². The van der Waals surface area contributed by atoms with Gasteiger partial charge in [-0.2, -0.15) is 5.26 Å². The predicted octanol–water partition coefficient (Wildman–Crippen LogP) is 1.75. The number of fused-ring (bicyclic) bond motifs is 1. The molecule has 0 saturated heterocycles. The molecule has 1 aromatic heterocycles. The highest BCUT2D eigenvalue weighted by molar-refractivity contribution is 5.59. The second-order valence-electron chi connectivity index (χ2n) is 6.36. The van der Waals surface area contributed by atoms with Gasteiger partial charge < -0.3 is 14.4 Å². The Balaban J connectivity index is 2.32. The van der Waals surface area contributed by atoms with E-state index >= 15 is 0 Å². The second-order valence-corrected chi connectivity index (χ2v) is 6.36. The lowest BCUT2D eigenvalue weighted by atomic mass is 9.85. The van der Waals surface area contributed by atoms with Gasteiger partial charge in [0.25, 0.3) is 0 Å². The van der Waals surface area contributed by atoms with Crippen LogP contribution in [0.25, 0.3) is 0 Å². The molecule has 25 heavy (non-hydrogen) atoms. The fourth-order valence-corrected chi connectivity index (χ4v) is 2.97. The second kappa shape index (κ2) is 5.72. The Morgan fingerprint density at radius 2 is 2.00 bits per heavy atom. The standard InChI is InChI=1S/C17H15N3O5/c1-17(2)16(22)14(19-5-3-11(21)4-6-19)12-7-10(9-18)8-13(20(23)24)15(12)25-17/h3-8,14,16,22H,1-2H3. The number of pyridine rings is 1. The van der Waals surface area contributed by atoms with Gasteiger partial charge >= 0.3 is 5.69 Å². The number of rotatable bonds is 2. The normalized spacial score (nSPS) is 20.9. The molecule has 3 rings (SSSR count). The first-order valence-corrected chi connectivity index (χ1v) is 7.52. The number of hydrogen-bond donors (Lipinski definition) is 1. The Hall–Kier alpha value is -3.18. The van der Waals surface area contributed by atoms with Gasteiger partial charge in [0.15, 0.2) is 5.43 Å². The zero-order valence-corrected chi connectivity index (χ0v) is 13.5. The third-order valence-corrected chi connectivity index (χ3v) is 4.26. The van der Waals surface area contributed by atoms with Gasteiger partial charge in [-0.25, -0.2) is 0 Å². The summed E-state index contributed by atoms with van der Waals surface area (Å²) in [7, 11) is 0. The van der Waals surface area contributed by atoms with Gasteiger partial charge in [0.2, 0.25) is 5.75 Å². The molecule has 8 nitrogen and oxygen atoms in total. The zero-order valence-electron chi connectivity index (χ0n) is 13.5. The van der Waals surface area contributed by atoms with E-state index in [0.717, 1.165) is 6.07 Å². The highest BCUT2D eigenvalue weighted by atomic mass is 16.6. The van der Waals surface area contributed by atoms with Crippen molar-refractivity contribution in [2.75, 3.05) is 0 Å². The van der Waals surface area contributed by atoms with Crippen LogP contribution >= 0.6 is 0 Å². The molecule has 8 heteroatoms. The first-order chi connectivity index (χ1) is 11.7. The minimum Gasteiger partial charge on any atom is -0.478 e. The quantitative estimate of drug-likeness (QED) is 0.656. The molecule has 2 aromatic rings. The van der Waals surface area contributed by atoms with Crippen molar-refractivity contribution in [1.82, 2.24) is 4.57 Å². The van der Waals surface area contributed by atoms with Crippen molar-refractivity contribution in [2.24, 2.45) is 0 Å². The van der Waals surface area contributed by atoms with Gasteiger partial charge in [-0.1, -0.05) is 0 Å². The fourth-order valence-electron chi connectivity index (χ4n) is 2.97. The zero-order chi connectivity index (χ0) is 18.4. The Labute approximate surface area is 142 Å². The van der Waals surface area contributed by atoms with E-state index in [9.17, 15) is 25.3 Å². The van der Waals surface area contributed by atoms with Crippen molar-refractivity contribution in [3.63, 3.8) is 0 Å².